The molecule has 4 aromatic heterocycles. The average molecular weight is 428 g/mol. The van der Waals surface area contributed by atoms with Gasteiger partial charge in [-0.1, -0.05) is 18.7 Å². The number of aryl methyl sites for hydroxylation is 2. The fourth-order valence-electron chi connectivity index (χ4n) is 3.84. The molecule has 0 bridgehead atoms. The molecule has 0 aliphatic heterocycles. The van der Waals surface area contributed by atoms with Crippen LogP contribution in [-0.4, -0.2) is 31.2 Å². The lowest BCUT2D eigenvalue weighted by Crippen LogP contribution is -2.24. The summed E-state index contributed by atoms with van der Waals surface area (Å²) in [6.45, 7) is 4.66. The lowest BCUT2D eigenvalue weighted by atomic mass is 9.89. The number of thiophene rings is 1. The Labute approximate surface area is 175 Å². The van der Waals surface area contributed by atoms with Crippen LogP contribution >= 0.6 is 23.1 Å². The number of carbonyl (C=O) groups is 1. The summed E-state index contributed by atoms with van der Waals surface area (Å²) in [5.41, 5.74) is 2.25. The zero-order valence-electron chi connectivity index (χ0n) is 16.3. The largest absolute Gasteiger partial charge is 0.467 e. The van der Waals surface area contributed by atoms with Crippen molar-refractivity contribution in [1.82, 2.24) is 24.9 Å². The first-order valence-electron chi connectivity index (χ1n) is 9.68. The second-order valence-electron chi connectivity index (χ2n) is 7.48. The van der Waals surface area contributed by atoms with Crippen molar-refractivity contribution in [3.05, 3.63) is 40.4 Å². The van der Waals surface area contributed by atoms with E-state index in [0.29, 0.717) is 11.7 Å². The van der Waals surface area contributed by atoms with Gasteiger partial charge in [0.1, 0.15) is 16.4 Å². The maximum Gasteiger partial charge on any atom is 0.230 e. The van der Waals surface area contributed by atoms with Crippen molar-refractivity contribution in [1.29, 1.82) is 0 Å². The highest BCUT2D eigenvalue weighted by Crippen LogP contribution is 2.39. The molecule has 0 fully saturated rings. The topological polar surface area (TPSA) is 85.3 Å². The van der Waals surface area contributed by atoms with Gasteiger partial charge in [-0.15, -0.1) is 21.5 Å². The van der Waals surface area contributed by atoms with Crippen LogP contribution in [0.4, 0.5) is 0 Å². The minimum absolute atomic E-state index is 0.0725. The van der Waals surface area contributed by atoms with Crippen molar-refractivity contribution in [3.8, 4) is 0 Å². The Hall–Kier alpha value is -2.39. The molecule has 0 saturated heterocycles. The van der Waals surface area contributed by atoms with Gasteiger partial charge in [-0.3, -0.25) is 9.20 Å². The highest BCUT2D eigenvalue weighted by atomic mass is 32.2. The number of furan rings is 1. The van der Waals surface area contributed by atoms with Gasteiger partial charge < -0.3 is 9.73 Å². The van der Waals surface area contributed by atoms with Gasteiger partial charge in [0.2, 0.25) is 5.91 Å². The van der Waals surface area contributed by atoms with Crippen molar-refractivity contribution in [2.75, 3.05) is 5.75 Å². The number of aromatic nitrogens is 4. The first-order chi connectivity index (χ1) is 14.1. The Morgan fingerprint density at radius 2 is 2.34 bits per heavy atom. The number of nitrogens with one attached hydrogen (secondary N) is 1. The number of amides is 1. The highest BCUT2D eigenvalue weighted by Gasteiger charge is 2.25. The normalized spacial score (nSPS) is 16.4. The third kappa shape index (κ3) is 3.42. The van der Waals surface area contributed by atoms with E-state index in [1.165, 1.54) is 28.6 Å². The third-order valence-electron chi connectivity index (χ3n) is 5.31. The maximum atomic E-state index is 12.2. The molecule has 29 heavy (non-hydrogen) atoms. The molecule has 5 rings (SSSR count). The molecule has 4 aromatic rings. The second-order valence-corrected chi connectivity index (χ2v) is 9.50. The van der Waals surface area contributed by atoms with Gasteiger partial charge >= 0.3 is 0 Å². The van der Waals surface area contributed by atoms with Crippen LogP contribution in [-0.2, 0) is 24.2 Å². The molecule has 0 spiro atoms. The van der Waals surface area contributed by atoms with Gasteiger partial charge in [0, 0.05) is 4.88 Å². The number of thioether (sulfide) groups is 1. The Morgan fingerprint density at radius 3 is 3.17 bits per heavy atom. The van der Waals surface area contributed by atoms with Gasteiger partial charge in [0.25, 0.3) is 0 Å². The highest BCUT2D eigenvalue weighted by molar-refractivity contribution is 7.99. The predicted octanol–water partition coefficient (Wildman–Crippen LogP) is 3.77. The van der Waals surface area contributed by atoms with E-state index in [1.54, 1.807) is 23.7 Å². The standard InChI is InChI=1S/C20H21N5O2S2/c1-11-5-6-14-15(8-11)29-19-17(14)18-23-24-20(25(18)12(2)22-19)28-10-16(26)21-9-13-4-3-7-27-13/h3-4,7,11H,5-6,8-10H2,1-2H3,(H,21,26)/t11-/m1/s1. The summed E-state index contributed by atoms with van der Waals surface area (Å²) in [6, 6.07) is 3.64. The predicted molar refractivity (Wildman–Crippen MR) is 113 cm³/mol. The number of hydrogen-bond acceptors (Lipinski definition) is 7. The first kappa shape index (κ1) is 18.6. The summed E-state index contributed by atoms with van der Waals surface area (Å²) in [5, 5.41) is 13.6. The zero-order valence-corrected chi connectivity index (χ0v) is 17.9. The minimum atomic E-state index is -0.0725. The lowest BCUT2D eigenvalue weighted by molar-refractivity contribution is -0.118. The Balaban J connectivity index is 1.40. The molecular weight excluding hydrogens is 406 g/mol. The number of nitrogens with zero attached hydrogens (tertiary/aromatic N) is 4. The van der Waals surface area contributed by atoms with Crippen LogP contribution in [0.5, 0.6) is 0 Å². The van der Waals surface area contributed by atoms with Crippen molar-refractivity contribution in [3.63, 3.8) is 0 Å². The molecule has 1 aliphatic carbocycles. The average Bonchev–Trinajstić information content (AvgIpc) is 3.42. The van der Waals surface area contributed by atoms with Gasteiger partial charge in [0.15, 0.2) is 10.8 Å². The van der Waals surface area contributed by atoms with E-state index in [4.69, 9.17) is 9.40 Å². The number of carbonyl (C=O) groups excluding carboxylic acids is 1. The molecule has 1 N–H and O–H groups in total. The molecule has 9 heteroatoms. The van der Waals surface area contributed by atoms with E-state index in [-0.39, 0.29) is 11.7 Å². The summed E-state index contributed by atoms with van der Waals surface area (Å²) in [6.07, 6.45) is 4.98. The van der Waals surface area contributed by atoms with E-state index >= 15 is 0 Å². The molecular formula is C20H21N5O2S2. The summed E-state index contributed by atoms with van der Waals surface area (Å²) >= 11 is 3.17. The SMILES string of the molecule is Cc1nc2sc3c(c2c2nnc(SCC(=O)NCc4ccco4)n12)CC[C@@H](C)C3. The van der Waals surface area contributed by atoms with Crippen LogP contribution in [0.3, 0.4) is 0 Å². The number of fused-ring (bicyclic) bond motifs is 5. The van der Waals surface area contributed by atoms with Gasteiger partial charge in [-0.25, -0.2) is 4.98 Å². The maximum absolute atomic E-state index is 12.2. The zero-order chi connectivity index (χ0) is 20.0. The van der Waals surface area contributed by atoms with Gasteiger partial charge in [0.05, 0.1) is 23.9 Å². The second kappa shape index (κ2) is 7.46. The molecule has 1 amide bonds. The van der Waals surface area contributed by atoms with Crippen LogP contribution in [0.2, 0.25) is 0 Å². The van der Waals surface area contributed by atoms with E-state index in [1.807, 2.05) is 17.4 Å². The Morgan fingerprint density at radius 1 is 1.45 bits per heavy atom. The quantitative estimate of drug-likeness (QED) is 0.488. The molecule has 0 unspecified atom stereocenters. The summed E-state index contributed by atoms with van der Waals surface area (Å²) < 4.78 is 7.22. The van der Waals surface area contributed by atoms with Crippen molar-refractivity contribution in [2.45, 2.75) is 44.8 Å². The Kier molecular flexibility index (Phi) is 4.79. The van der Waals surface area contributed by atoms with E-state index in [9.17, 15) is 4.79 Å². The van der Waals surface area contributed by atoms with Crippen LogP contribution in [0.15, 0.2) is 28.0 Å². The Bertz CT molecular complexity index is 1200. The van der Waals surface area contributed by atoms with Crippen molar-refractivity contribution in [2.24, 2.45) is 5.92 Å². The van der Waals surface area contributed by atoms with Crippen LogP contribution in [0.1, 0.15) is 35.4 Å². The number of rotatable bonds is 5. The third-order valence-corrected chi connectivity index (χ3v) is 7.39. The fraction of sp³-hybridized carbons (Fsp3) is 0.400. The fourth-order valence-corrected chi connectivity index (χ4v) is 6.07. The molecule has 7 nitrogen and oxygen atoms in total. The molecule has 0 radical (unpaired) electrons. The molecule has 1 atom stereocenters. The van der Waals surface area contributed by atoms with Crippen LogP contribution in [0, 0.1) is 12.8 Å². The molecule has 0 aromatic carbocycles. The minimum Gasteiger partial charge on any atom is -0.467 e. The molecule has 150 valence electrons. The van der Waals surface area contributed by atoms with Crippen LogP contribution in [0.25, 0.3) is 15.9 Å². The summed E-state index contributed by atoms with van der Waals surface area (Å²) in [5.74, 6) is 2.49. The molecule has 0 saturated carbocycles. The summed E-state index contributed by atoms with van der Waals surface area (Å²) in [7, 11) is 0. The van der Waals surface area contributed by atoms with Gasteiger partial charge in [-0.2, -0.15) is 0 Å². The molecule has 1 aliphatic rings. The van der Waals surface area contributed by atoms with Crippen molar-refractivity contribution < 1.29 is 9.21 Å². The summed E-state index contributed by atoms with van der Waals surface area (Å²) in [4.78, 5) is 19.5. The van der Waals surface area contributed by atoms with E-state index < -0.39 is 0 Å². The van der Waals surface area contributed by atoms with Gasteiger partial charge in [-0.05, 0) is 49.8 Å². The number of hydrogen-bond donors (Lipinski definition) is 1. The smallest absolute Gasteiger partial charge is 0.230 e. The lowest BCUT2D eigenvalue weighted by Gasteiger charge is -2.17. The van der Waals surface area contributed by atoms with E-state index in [2.05, 4.69) is 22.4 Å². The van der Waals surface area contributed by atoms with Crippen LogP contribution < -0.4 is 5.32 Å². The van der Waals surface area contributed by atoms with E-state index in [0.717, 1.165) is 46.2 Å². The first-order valence-corrected chi connectivity index (χ1v) is 11.5. The van der Waals surface area contributed by atoms with Crippen molar-refractivity contribution >= 4 is 44.9 Å². The molecule has 4 heterocycles. The monoisotopic (exact) mass is 427 g/mol.